The maximum absolute atomic E-state index is 13.0. The largest absolute Gasteiger partial charge is 0.396 e. The molecule has 1 aromatic heterocycles. The van der Waals surface area contributed by atoms with Crippen molar-refractivity contribution in [3.63, 3.8) is 0 Å². The van der Waals surface area contributed by atoms with Gasteiger partial charge in [-0.25, -0.2) is 0 Å². The zero-order valence-corrected chi connectivity index (χ0v) is 16.6. The highest BCUT2D eigenvalue weighted by molar-refractivity contribution is 5.94. The number of rotatable bonds is 6. The average Bonchev–Trinajstić information content (AvgIpc) is 2.66. The van der Waals surface area contributed by atoms with E-state index in [-0.39, 0.29) is 24.6 Å². The highest BCUT2D eigenvalue weighted by Crippen LogP contribution is 2.19. The molecule has 0 spiro atoms. The van der Waals surface area contributed by atoms with Gasteiger partial charge in [0.15, 0.2) is 0 Å². The van der Waals surface area contributed by atoms with Crippen LogP contribution < -0.4 is 5.56 Å². The number of benzene rings is 2. The number of hydrogen-bond acceptors (Lipinski definition) is 3. The van der Waals surface area contributed by atoms with E-state index in [4.69, 9.17) is 0 Å². The topological polar surface area (TPSA) is 73.4 Å². The van der Waals surface area contributed by atoms with Crippen LogP contribution >= 0.6 is 0 Å². The maximum Gasteiger partial charge on any atom is 0.254 e. The maximum atomic E-state index is 13.0. The fourth-order valence-corrected chi connectivity index (χ4v) is 3.45. The molecule has 1 heterocycles. The first-order chi connectivity index (χ1) is 13.4. The number of H-pyrrole nitrogens is 1. The molecule has 5 nitrogen and oxygen atoms in total. The number of aliphatic hydroxyl groups excluding tert-OH is 1. The van der Waals surface area contributed by atoms with E-state index < -0.39 is 0 Å². The Labute approximate surface area is 164 Å². The van der Waals surface area contributed by atoms with E-state index in [1.165, 1.54) is 0 Å². The Balaban J connectivity index is 1.96. The van der Waals surface area contributed by atoms with Crippen molar-refractivity contribution in [2.24, 2.45) is 0 Å². The molecule has 0 aliphatic rings. The molecule has 0 saturated carbocycles. The summed E-state index contributed by atoms with van der Waals surface area (Å²) in [5, 5.41) is 10.2. The van der Waals surface area contributed by atoms with Crippen molar-refractivity contribution in [1.29, 1.82) is 0 Å². The lowest BCUT2D eigenvalue weighted by Crippen LogP contribution is -2.34. The summed E-state index contributed by atoms with van der Waals surface area (Å²) in [5.41, 5.74) is 4.97. The smallest absolute Gasteiger partial charge is 0.254 e. The second-order valence-corrected chi connectivity index (χ2v) is 7.34. The number of aliphatic hydroxyl groups is 1. The number of aromatic nitrogens is 1. The number of nitrogens with zero attached hydrogens (tertiary/aromatic N) is 1. The molecule has 2 N–H and O–H groups in total. The Hall–Kier alpha value is -2.92. The highest BCUT2D eigenvalue weighted by Gasteiger charge is 2.18. The van der Waals surface area contributed by atoms with Crippen LogP contribution in [0.15, 0.2) is 47.3 Å². The summed E-state index contributed by atoms with van der Waals surface area (Å²) in [6, 6.07) is 13.3. The van der Waals surface area contributed by atoms with Crippen molar-refractivity contribution in [3.05, 3.63) is 80.6 Å². The number of amides is 1. The van der Waals surface area contributed by atoms with Gasteiger partial charge in [-0.1, -0.05) is 29.3 Å². The van der Waals surface area contributed by atoms with Crippen molar-refractivity contribution in [2.45, 2.75) is 33.7 Å². The van der Waals surface area contributed by atoms with Gasteiger partial charge in [-0.05, 0) is 62.4 Å². The molecule has 2 aromatic carbocycles. The number of fused-ring (bicyclic) bond motifs is 1. The van der Waals surface area contributed by atoms with Crippen LogP contribution in [0.3, 0.4) is 0 Å². The molecule has 0 unspecified atom stereocenters. The Kier molecular flexibility index (Phi) is 5.95. The lowest BCUT2D eigenvalue weighted by Gasteiger charge is -2.22. The minimum absolute atomic E-state index is 0.00978. The molecule has 0 fully saturated rings. The molecule has 0 atom stereocenters. The summed E-state index contributed by atoms with van der Waals surface area (Å²) in [6.07, 6.45) is 0.460. The number of aryl methyl sites for hydroxylation is 3. The van der Waals surface area contributed by atoms with Crippen LogP contribution in [-0.4, -0.2) is 34.0 Å². The summed E-state index contributed by atoms with van der Waals surface area (Å²) in [5.74, 6) is -0.145. The van der Waals surface area contributed by atoms with Crippen LogP contribution in [0.4, 0.5) is 0 Å². The second kappa shape index (κ2) is 8.40. The summed E-state index contributed by atoms with van der Waals surface area (Å²) < 4.78 is 0. The summed E-state index contributed by atoms with van der Waals surface area (Å²) in [4.78, 5) is 30.2. The minimum Gasteiger partial charge on any atom is -0.396 e. The quantitative estimate of drug-likeness (QED) is 0.690. The van der Waals surface area contributed by atoms with E-state index in [1.54, 1.807) is 17.0 Å². The fourth-order valence-electron chi connectivity index (χ4n) is 3.45. The minimum atomic E-state index is -0.190. The van der Waals surface area contributed by atoms with Crippen LogP contribution in [-0.2, 0) is 6.54 Å². The molecular weight excluding hydrogens is 352 g/mol. The highest BCUT2D eigenvalue weighted by atomic mass is 16.3. The second-order valence-electron chi connectivity index (χ2n) is 7.34. The number of hydrogen-bond donors (Lipinski definition) is 2. The molecule has 28 heavy (non-hydrogen) atoms. The first kappa shape index (κ1) is 19.8. The molecule has 0 aliphatic carbocycles. The molecule has 146 valence electrons. The van der Waals surface area contributed by atoms with Gasteiger partial charge >= 0.3 is 0 Å². The van der Waals surface area contributed by atoms with Crippen molar-refractivity contribution < 1.29 is 9.90 Å². The number of carbonyl (C=O) groups excluding carboxylic acids is 1. The first-order valence-corrected chi connectivity index (χ1v) is 9.49. The van der Waals surface area contributed by atoms with Gasteiger partial charge in [0.05, 0.1) is 12.1 Å². The number of pyridine rings is 1. The average molecular weight is 378 g/mol. The zero-order valence-electron chi connectivity index (χ0n) is 16.6. The predicted octanol–water partition coefficient (Wildman–Crippen LogP) is 3.48. The van der Waals surface area contributed by atoms with Gasteiger partial charge in [-0.2, -0.15) is 0 Å². The van der Waals surface area contributed by atoms with Gasteiger partial charge in [0, 0.05) is 24.3 Å². The lowest BCUT2D eigenvalue weighted by atomic mass is 10.0. The van der Waals surface area contributed by atoms with Crippen LogP contribution in [0, 0.1) is 20.8 Å². The van der Waals surface area contributed by atoms with Crippen molar-refractivity contribution in [2.75, 3.05) is 13.2 Å². The van der Waals surface area contributed by atoms with Crippen molar-refractivity contribution in [1.82, 2.24) is 9.88 Å². The first-order valence-electron chi connectivity index (χ1n) is 9.49. The van der Waals surface area contributed by atoms with Gasteiger partial charge in [-0.3, -0.25) is 9.59 Å². The normalized spacial score (nSPS) is 11.0. The third kappa shape index (κ3) is 4.31. The standard InChI is InChI=1S/C23H26N2O3/c1-15-5-7-18(8-6-15)23(28)25(9-4-10-26)14-20-13-19-12-16(2)11-17(3)21(19)24-22(20)27/h5-8,11-13,26H,4,9-10,14H2,1-3H3,(H,24,27). The Morgan fingerprint density at radius 2 is 1.75 bits per heavy atom. The van der Waals surface area contributed by atoms with Gasteiger partial charge in [0.25, 0.3) is 11.5 Å². The van der Waals surface area contributed by atoms with Gasteiger partial charge < -0.3 is 15.0 Å². The van der Waals surface area contributed by atoms with E-state index in [0.717, 1.165) is 27.6 Å². The van der Waals surface area contributed by atoms with Crippen LogP contribution in [0.5, 0.6) is 0 Å². The molecule has 3 rings (SSSR count). The van der Waals surface area contributed by atoms with E-state index in [1.807, 2.05) is 51.1 Å². The van der Waals surface area contributed by atoms with Crippen LogP contribution in [0.1, 0.15) is 39.0 Å². The van der Waals surface area contributed by atoms with E-state index in [2.05, 4.69) is 4.98 Å². The van der Waals surface area contributed by atoms with E-state index in [0.29, 0.717) is 24.1 Å². The van der Waals surface area contributed by atoms with Crippen molar-refractivity contribution >= 4 is 16.8 Å². The number of carbonyl (C=O) groups is 1. The molecule has 5 heteroatoms. The summed E-state index contributed by atoms with van der Waals surface area (Å²) in [7, 11) is 0. The number of aromatic amines is 1. The Morgan fingerprint density at radius 3 is 2.43 bits per heavy atom. The Bertz CT molecular complexity index is 1050. The zero-order chi connectivity index (χ0) is 20.3. The molecule has 0 bridgehead atoms. The third-order valence-electron chi connectivity index (χ3n) is 4.90. The third-order valence-corrected chi connectivity index (χ3v) is 4.90. The van der Waals surface area contributed by atoms with E-state index in [9.17, 15) is 14.7 Å². The predicted molar refractivity (Wildman–Crippen MR) is 112 cm³/mol. The molecule has 1 amide bonds. The van der Waals surface area contributed by atoms with E-state index >= 15 is 0 Å². The molecule has 0 radical (unpaired) electrons. The van der Waals surface area contributed by atoms with Crippen LogP contribution in [0.2, 0.25) is 0 Å². The van der Waals surface area contributed by atoms with Crippen molar-refractivity contribution in [3.8, 4) is 0 Å². The van der Waals surface area contributed by atoms with Gasteiger partial charge in [0.2, 0.25) is 0 Å². The molecule has 0 saturated heterocycles. The monoisotopic (exact) mass is 378 g/mol. The fraction of sp³-hybridized carbons (Fsp3) is 0.304. The lowest BCUT2D eigenvalue weighted by molar-refractivity contribution is 0.0731. The molecular formula is C23H26N2O3. The van der Waals surface area contributed by atoms with Crippen LogP contribution in [0.25, 0.3) is 10.9 Å². The molecule has 0 aliphatic heterocycles. The Morgan fingerprint density at radius 1 is 1.04 bits per heavy atom. The molecule has 3 aromatic rings. The summed E-state index contributed by atoms with van der Waals surface area (Å²) >= 11 is 0. The van der Waals surface area contributed by atoms with Gasteiger partial charge in [-0.15, -0.1) is 0 Å². The van der Waals surface area contributed by atoms with Gasteiger partial charge in [0.1, 0.15) is 0 Å². The summed E-state index contributed by atoms with van der Waals surface area (Å²) in [6.45, 7) is 6.53. The SMILES string of the molecule is Cc1ccc(C(=O)N(CCCO)Cc2cc3cc(C)cc(C)c3[nH]c2=O)cc1. The number of nitrogens with one attached hydrogen (secondary N) is 1.